The summed E-state index contributed by atoms with van der Waals surface area (Å²) in [7, 11) is 0. The fourth-order valence-electron chi connectivity index (χ4n) is 2.86. The van der Waals surface area contributed by atoms with Crippen LogP contribution in [0.3, 0.4) is 0 Å². The fourth-order valence-corrected chi connectivity index (χ4v) is 3.85. The second kappa shape index (κ2) is 6.60. The summed E-state index contributed by atoms with van der Waals surface area (Å²) < 4.78 is 54.3. The average molecular weight is 404 g/mol. The smallest absolute Gasteiger partial charge is 0.363 e. The van der Waals surface area contributed by atoms with E-state index in [4.69, 9.17) is 12.2 Å². The third kappa shape index (κ3) is 3.19. The average Bonchev–Trinajstić information content (AvgIpc) is 3.08. The van der Waals surface area contributed by atoms with Gasteiger partial charge in [-0.2, -0.15) is 13.2 Å². The molecule has 10 heteroatoms. The standard InChI is InChI=1S/C16H12F4N2O2S2/c17-9-5-3-8(4-6-9)12-11(13(23)10-2-1-7-26-10)15(24,16(18,19)20)22-14(25)21-12/h1-7,11-12,24H,(H2,21,22,25)/t11-,12-,15+/m0/s1. The van der Waals surface area contributed by atoms with Gasteiger partial charge in [-0.15, -0.1) is 11.3 Å². The lowest BCUT2D eigenvalue weighted by Gasteiger charge is -2.46. The molecule has 26 heavy (non-hydrogen) atoms. The molecular weight excluding hydrogens is 392 g/mol. The lowest BCUT2D eigenvalue weighted by Crippen LogP contribution is -2.72. The van der Waals surface area contributed by atoms with Crippen LogP contribution in [0, 0.1) is 11.7 Å². The monoisotopic (exact) mass is 404 g/mol. The predicted molar refractivity (Wildman–Crippen MR) is 91.2 cm³/mol. The van der Waals surface area contributed by atoms with Gasteiger partial charge >= 0.3 is 6.18 Å². The zero-order valence-electron chi connectivity index (χ0n) is 12.9. The molecule has 1 aliphatic rings. The number of thiophene rings is 1. The molecule has 3 rings (SSSR count). The summed E-state index contributed by atoms with van der Waals surface area (Å²) in [4.78, 5) is 12.9. The molecule has 0 spiro atoms. The molecule has 2 heterocycles. The Morgan fingerprint density at radius 3 is 2.42 bits per heavy atom. The SMILES string of the molecule is O=C(c1cccs1)[C@@H]1[C@H](c2ccc(F)cc2)NC(=S)N[C@]1(O)C(F)(F)F. The molecule has 2 aromatic rings. The van der Waals surface area contributed by atoms with E-state index in [1.165, 1.54) is 24.3 Å². The highest BCUT2D eigenvalue weighted by Gasteiger charge is 2.65. The summed E-state index contributed by atoms with van der Waals surface area (Å²) in [6.45, 7) is 0. The first-order valence-electron chi connectivity index (χ1n) is 7.34. The van der Waals surface area contributed by atoms with Crippen LogP contribution in [0.4, 0.5) is 17.6 Å². The van der Waals surface area contributed by atoms with Crippen LogP contribution in [-0.2, 0) is 0 Å². The number of aliphatic hydroxyl groups is 1. The number of Topliss-reactive ketones (excluding diaryl/α,β-unsaturated/α-hetero) is 1. The Bertz CT molecular complexity index is 824. The number of nitrogens with one attached hydrogen (secondary N) is 2. The summed E-state index contributed by atoms with van der Waals surface area (Å²) in [5.41, 5.74) is -3.39. The van der Waals surface area contributed by atoms with Crippen LogP contribution in [0.25, 0.3) is 0 Å². The van der Waals surface area contributed by atoms with E-state index in [0.29, 0.717) is 0 Å². The van der Waals surface area contributed by atoms with Crippen molar-refractivity contribution in [2.24, 2.45) is 5.92 Å². The van der Waals surface area contributed by atoms with Gasteiger partial charge in [-0.1, -0.05) is 18.2 Å². The molecule has 1 aromatic carbocycles. The van der Waals surface area contributed by atoms with E-state index in [2.05, 4.69) is 5.32 Å². The Kier molecular flexibility index (Phi) is 4.76. The quantitative estimate of drug-likeness (QED) is 0.417. The molecule has 0 aliphatic carbocycles. The molecule has 0 amide bonds. The van der Waals surface area contributed by atoms with E-state index >= 15 is 0 Å². The van der Waals surface area contributed by atoms with Gasteiger partial charge in [0.15, 0.2) is 10.9 Å². The lowest BCUT2D eigenvalue weighted by molar-refractivity contribution is -0.285. The second-order valence-electron chi connectivity index (χ2n) is 5.71. The van der Waals surface area contributed by atoms with E-state index in [1.807, 2.05) is 0 Å². The van der Waals surface area contributed by atoms with Crippen molar-refractivity contribution in [1.82, 2.24) is 10.6 Å². The van der Waals surface area contributed by atoms with E-state index in [-0.39, 0.29) is 10.4 Å². The molecule has 4 nitrogen and oxygen atoms in total. The number of benzene rings is 1. The molecule has 1 aliphatic heterocycles. The van der Waals surface area contributed by atoms with E-state index in [1.54, 1.807) is 10.7 Å². The van der Waals surface area contributed by atoms with E-state index < -0.39 is 40.6 Å². The van der Waals surface area contributed by atoms with Crippen molar-refractivity contribution in [2.45, 2.75) is 17.9 Å². The highest BCUT2D eigenvalue weighted by atomic mass is 32.1. The van der Waals surface area contributed by atoms with E-state index in [0.717, 1.165) is 23.5 Å². The third-order valence-electron chi connectivity index (χ3n) is 4.08. The summed E-state index contributed by atoms with van der Waals surface area (Å²) >= 11 is 5.76. The minimum absolute atomic E-state index is 0.0567. The van der Waals surface area contributed by atoms with Crippen LogP contribution in [0.5, 0.6) is 0 Å². The number of alkyl halides is 3. The van der Waals surface area contributed by atoms with Gasteiger partial charge in [-0.25, -0.2) is 4.39 Å². The van der Waals surface area contributed by atoms with Gasteiger partial charge in [0.1, 0.15) is 11.7 Å². The maximum absolute atomic E-state index is 13.7. The van der Waals surface area contributed by atoms with Gasteiger partial charge in [-0.3, -0.25) is 4.79 Å². The normalized spacial score (nSPS) is 26.1. The van der Waals surface area contributed by atoms with Gasteiger partial charge < -0.3 is 15.7 Å². The zero-order valence-corrected chi connectivity index (χ0v) is 14.5. The number of halogens is 4. The lowest BCUT2D eigenvalue weighted by atomic mass is 9.79. The maximum Gasteiger partial charge on any atom is 0.437 e. The molecule has 0 saturated carbocycles. The topological polar surface area (TPSA) is 61.4 Å². The van der Waals surface area contributed by atoms with Gasteiger partial charge in [-0.05, 0) is 41.4 Å². The first-order chi connectivity index (χ1) is 12.1. The van der Waals surface area contributed by atoms with Crippen LogP contribution in [0.15, 0.2) is 41.8 Å². The Hall–Kier alpha value is -2.04. The maximum atomic E-state index is 13.7. The Labute approximate surface area is 154 Å². The van der Waals surface area contributed by atoms with Crippen LogP contribution >= 0.6 is 23.6 Å². The predicted octanol–water partition coefficient (Wildman–Crippen LogP) is 3.16. The second-order valence-corrected chi connectivity index (χ2v) is 7.07. The largest absolute Gasteiger partial charge is 0.437 e. The molecule has 1 aromatic heterocycles. The molecule has 138 valence electrons. The van der Waals surface area contributed by atoms with Crippen molar-refractivity contribution in [3.05, 3.63) is 58.0 Å². The van der Waals surface area contributed by atoms with Gasteiger partial charge in [0.2, 0.25) is 5.72 Å². The van der Waals surface area contributed by atoms with Gasteiger partial charge in [0.25, 0.3) is 0 Å². The van der Waals surface area contributed by atoms with Crippen molar-refractivity contribution < 1.29 is 27.5 Å². The number of rotatable bonds is 3. The number of hydrogen-bond donors (Lipinski definition) is 3. The number of thiocarbonyl (C=S) groups is 1. The third-order valence-corrected chi connectivity index (χ3v) is 5.19. The molecule has 1 fully saturated rings. The van der Waals surface area contributed by atoms with E-state index in [9.17, 15) is 27.5 Å². The van der Waals surface area contributed by atoms with Crippen molar-refractivity contribution in [3.8, 4) is 0 Å². The van der Waals surface area contributed by atoms with Crippen LogP contribution < -0.4 is 10.6 Å². The summed E-state index contributed by atoms with van der Waals surface area (Å²) in [6.07, 6.45) is -5.19. The summed E-state index contributed by atoms with van der Waals surface area (Å²) in [5.74, 6) is -3.47. The van der Waals surface area contributed by atoms with Crippen molar-refractivity contribution >= 4 is 34.5 Å². The van der Waals surface area contributed by atoms with Gasteiger partial charge in [0.05, 0.1) is 10.9 Å². The highest BCUT2D eigenvalue weighted by Crippen LogP contribution is 2.44. The summed E-state index contributed by atoms with van der Waals surface area (Å²) in [6, 6.07) is 6.19. The molecular formula is C16H12F4N2O2S2. The first kappa shape index (κ1) is 18.7. The molecule has 1 saturated heterocycles. The molecule has 0 radical (unpaired) electrons. The number of hydrogen-bond acceptors (Lipinski definition) is 4. The van der Waals surface area contributed by atoms with Crippen LogP contribution in [0.2, 0.25) is 0 Å². The zero-order chi connectivity index (χ0) is 19.1. The number of ketones is 1. The molecule has 3 N–H and O–H groups in total. The Morgan fingerprint density at radius 2 is 1.88 bits per heavy atom. The minimum Gasteiger partial charge on any atom is -0.363 e. The minimum atomic E-state index is -5.19. The fraction of sp³-hybridized carbons (Fsp3) is 0.250. The van der Waals surface area contributed by atoms with Crippen molar-refractivity contribution in [2.75, 3.05) is 0 Å². The molecule has 3 atom stereocenters. The van der Waals surface area contributed by atoms with Gasteiger partial charge in [0, 0.05) is 0 Å². The Balaban J connectivity index is 2.14. The Morgan fingerprint density at radius 1 is 1.23 bits per heavy atom. The number of carbonyl (C=O) groups is 1. The molecule has 0 bridgehead atoms. The van der Waals surface area contributed by atoms with Crippen LogP contribution in [0.1, 0.15) is 21.3 Å². The molecule has 0 unspecified atom stereocenters. The highest BCUT2D eigenvalue weighted by molar-refractivity contribution is 7.80. The first-order valence-corrected chi connectivity index (χ1v) is 8.63. The summed E-state index contributed by atoms with van der Waals surface area (Å²) in [5, 5.41) is 15.9. The van der Waals surface area contributed by atoms with Crippen molar-refractivity contribution in [1.29, 1.82) is 0 Å². The van der Waals surface area contributed by atoms with Crippen LogP contribution in [-0.4, -0.2) is 27.9 Å². The number of carbonyl (C=O) groups excluding carboxylic acids is 1. The van der Waals surface area contributed by atoms with Crippen molar-refractivity contribution in [3.63, 3.8) is 0 Å².